The Morgan fingerprint density at radius 2 is 1.63 bits per heavy atom. The molecule has 0 aromatic heterocycles. The van der Waals surface area contributed by atoms with E-state index in [1.165, 1.54) is 16.7 Å². The topological polar surface area (TPSA) is 12.0 Å². The first-order valence-electron chi connectivity index (χ1n) is 6.59. The summed E-state index contributed by atoms with van der Waals surface area (Å²) in [4.78, 5) is 0. The summed E-state index contributed by atoms with van der Waals surface area (Å²) >= 11 is 6.35. The maximum atomic E-state index is 6.35. The Labute approximate surface area is 120 Å². The van der Waals surface area contributed by atoms with Gasteiger partial charge in [-0.25, -0.2) is 0 Å². The van der Waals surface area contributed by atoms with Crippen LogP contribution < -0.4 is 5.32 Å². The quantitative estimate of drug-likeness (QED) is 0.867. The molecule has 0 aliphatic rings. The van der Waals surface area contributed by atoms with Gasteiger partial charge in [0.25, 0.3) is 0 Å². The molecule has 1 nitrogen and oxygen atoms in total. The summed E-state index contributed by atoms with van der Waals surface area (Å²) in [6.45, 7) is 4.17. The molecule has 0 radical (unpaired) electrons. The van der Waals surface area contributed by atoms with Gasteiger partial charge in [0.15, 0.2) is 0 Å². The Hall–Kier alpha value is -1.31. The molecule has 1 unspecified atom stereocenters. The highest BCUT2D eigenvalue weighted by molar-refractivity contribution is 6.31. The smallest absolute Gasteiger partial charge is 0.0456 e. The normalized spacial score (nSPS) is 12.4. The summed E-state index contributed by atoms with van der Waals surface area (Å²) in [6, 6.07) is 15.2. The Morgan fingerprint density at radius 3 is 2.21 bits per heavy atom. The largest absolute Gasteiger partial charge is 0.313 e. The van der Waals surface area contributed by atoms with Gasteiger partial charge >= 0.3 is 0 Å². The van der Waals surface area contributed by atoms with Crippen molar-refractivity contribution in [3.05, 3.63) is 69.7 Å². The van der Waals surface area contributed by atoms with Crippen LogP contribution >= 0.6 is 11.6 Å². The number of halogens is 1. The third-order valence-corrected chi connectivity index (χ3v) is 3.77. The van der Waals surface area contributed by atoms with E-state index in [2.05, 4.69) is 55.6 Å². The molecule has 0 saturated heterocycles. The van der Waals surface area contributed by atoms with Gasteiger partial charge in [-0.3, -0.25) is 0 Å². The molecule has 19 heavy (non-hydrogen) atoms. The zero-order valence-corrected chi connectivity index (χ0v) is 12.5. The fraction of sp³-hybridized carbons (Fsp3) is 0.294. The highest BCUT2D eigenvalue weighted by atomic mass is 35.5. The second kappa shape index (κ2) is 6.23. The maximum Gasteiger partial charge on any atom is 0.0456 e. The van der Waals surface area contributed by atoms with Gasteiger partial charge in [-0.2, -0.15) is 0 Å². The molecular formula is C17H20ClN. The Kier molecular flexibility index (Phi) is 4.62. The monoisotopic (exact) mass is 273 g/mol. The molecule has 1 N–H and O–H groups in total. The van der Waals surface area contributed by atoms with Crippen molar-refractivity contribution in [2.24, 2.45) is 0 Å². The number of aryl methyl sites for hydroxylation is 2. The molecule has 0 amide bonds. The molecule has 1 atom stereocenters. The van der Waals surface area contributed by atoms with Crippen LogP contribution in [0.2, 0.25) is 5.02 Å². The number of hydrogen-bond acceptors (Lipinski definition) is 1. The lowest BCUT2D eigenvalue weighted by atomic mass is 9.97. The highest BCUT2D eigenvalue weighted by Crippen LogP contribution is 2.26. The van der Waals surface area contributed by atoms with E-state index in [9.17, 15) is 0 Å². The molecule has 0 heterocycles. The van der Waals surface area contributed by atoms with Crippen LogP contribution in [0.25, 0.3) is 0 Å². The molecule has 0 spiro atoms. The molecule has 0 aliphatic heterocycles. The summed E-state index contributed by atoms with van der Waals surface area (Å²) in [5.41, 5.74) is 4.97. The number of rotatable bonds is 4. The Morgan fingerprint density at radius 1 is 1.00 bits per heavy atom. The van der Waals surface area contributed by atoms with E-state index >= 15 is 0 Å². The summed E-state index contributed by atoms with van der Waals surface area (Å²) in [6.07, 6.45) is 0.944. The van der Waals surface area contributed by atoms with Crippen LogP contribution in [0.1, 0.15) is 28.3 Å². The maximum absolute atomic E-state index is 6.35. The first-order valence-corrected chi connectivity index (χ1v) is 6.97. The molecule has 2 heteroatoms. The van der Waals surface area contributed by atoms with E-state index in [0.29, 0.717) is 0 Å². The van der Waals surface area contributed by atoms with Crippen LogP contribution in [-0.4, -0.2) is 7.05 Å². The zero-order chi connectivity index (χ0) is 13.8. The van der Waals surface area contributed by atoms with Crippen LogP contribution in [-0.2, 0) is 6.42 Å². The van der Waals surface area contributed by atoms with Crippen molar-refractivity contribution in [3.63, 3.8) is 0 Å². The summed E-state index contributed by atoms with van der Waals surface area (Å²) in [5, 5.41) is 4.20. The Balaban J connectivity index is 2.22. The van der Waals surface area contributed by atoms with Crippen molar-refractivity contribution in [2.45, 2.75) is 26.3 Å². The van der Waals surface area contributed by atoms with Gasteiger partial charge in [0.2, 0.25) is 0 Å². The minimum atomic E-state index is 0.246. The molecule has 0 fully saturated rings. The first kappa shape index (κ1) is 14.1. The number of nitrogens with one attached hydrogen (secondary N) is 1. The number of hydrogen-bond donors (Lipinski definition) is 1. The molecule has 2 rings (SSSR count). The molecule has 2 aromatic carbocycles. The lowest BCUT2D eigenvalue weighted by Gasteiger charge is -2.18. The summed E-state index contributed by atoms with van der Waals surface area (Å²) < 4.78 is 0. The molecular weight excluding hydrogens is 254 g/mol. The predicted molar refractivity (Wildman–Crippen MR) is 82.9 cm³/mol. The van der Waals surface area contributed by atoms with E-state index in [-0.39, 0.29) is 6.04 Å². The number of likely N-dealkylation sites (N-methyl/N-ethyl adjacent to an activating group) is 1. The average Bonchev–Trinajstić information content (AvgIpc) is 2.39. The molecule has 0 bridgehead atoms. The van der Waals surface area contributed by atoms with Gasteiger partial charge in [0, 0.05) is 11.1 Å². The van der Waals surface area contributed by atoms with E-state index in [4.69, 9.17) is 11.6 Å². The van der Waals surface area contributed by atoms with Crippen LogP contribution in [0.5, 0.6) is 0 Å². The van der Waals surface area contributed by atoms with Crippen molar-refractivity contribution in [1.82, 2.24) is 5.32 Å². The molecule has 0 saturated carbocycles. The van der Waals surface area contributed by atoms with Crippen molar-refractivity contribution in [1.29, 1.82) is 0 Å². The van der Waals surface area contributed by atoms with Crippen molar-refractivity contribution >= 4 is 11.6 Å². The average molecular weight is 274 g/mol. The second-order valence-corrected chi connectivity index (χ2v) is 5.46. The summed E-state index contributed by atoms with van der Waals surface area (Å²) in [5.74, 6) is 0. The fourth-order valence-electron chi connectivity index (χ4n) is 2.24. The van der Waals surface area contributed by atoms with Gasteiger partial charge in [-0.05, 0) is 50.1 Å². The highest BCUT2D eigenvalue weighted by Gasteiger charge is 2.13. The van der Waals surface area contributed by atoms with Gasteiger partial charge in [0.05, 0.1) is 0 Å². The first-order chi connectivity index (χ1) is 9.10. The third-order valence-electron chi connectivity index (χ3n) is 3.44. The zero-order valence-electron chi connectivity index (χ0n) is 11.7. The lowest BCUT2D eigenvalue weighted by molar-refractivity contribution is 0.592. The third kappa shape index (κ3) is 3.59. The van der Waals surface area contributed by atoms with Crippen molar-refractivity contribution < 1.29 is 0 Å². The van der Waals surface area contributed by atoms with E-state index in [0.717, 1.165) is 17.0 Å². The predicted octanol–water partition coefficient (Wildman–Crippen LogP) is 4.46. The van der Waals surface area contributed by atoms with Gasteiger partial charge in [-0.1, -0.05) is 53.6 Å². The lowest BCUT2D eigenvalue weighted by Crippen LogP contribution is -2.19. The van der Waals surface area contributed by atoms with Gasteiger partial charge in [0.1, 0.15) is 0 Å². The van der Waals surface area contributed by atoms with Gasteiger partial charge < -0.3 is 5.32 Å². The van der Waals surface area contributed by atoms with E-state index < -0.39 is 0 Å². The fourth-order valence-corrected chi connectivity index (χ4v) is 2.61. The van der Waals surface area contributed by atoms with E-state index in [1.54, 1.807) is 0 Å². The summed E-state index contributed by atoms with van der Waals surface area (Å²) in [7, 11) is 1.98. The van der Waals surface area contributed by atoms with E-state index in [1.807, 2.05) is 13.1 Å². The van der Waals surface area contributed by atoms with Crippen LogP contribution in [0, 0.1) is 13.8 Å². The minimum Gasteiger partial charge on any atom is -0.313 e. The van der Waals surface area contributed by atoms with Gasteiger partial charge in [-0.15, -0.1) is 0 Å². The number of benzene rings is 2. The minimum absolute atomic E-state index is 0.246. The SMILES string of the molecule is CNC(Cc1ccc(C)cc1)c1ccc(C)cc1Cl. The Bertz CT molecular complexity index is 546. The van der Waals surface area contributed by atoms with Crippen molar-refractivity contribution in [2.75, 3.05) is 7.05 Å². The molecule has 100 valence electrons. The molecule has 0 aliphatic carbocycles. The van der Waals surface area contributed by atoms with Crippen LogP contribution in [0.15, 0.2) is 42.5 Å². The van der Waals surface area contributed by atoms with Crippen LogP contribution in [0.3, 0.4) is 0 Å². The standard InChI is InChI=1S/C17H20ClN/c1-12-4-7-14(8-5-12)11-17(19-3)15-9-6-13(2)10-16(15)18/h4-10,17,19H,11H2,1-3H3. The van der Waals surface area contributed by atoms with Crippen LogP contribution in [0.4, 0.5) is 0 Å². The molecule has 2 aromatic rings. The van der Waals surface area contributed by atoms with Crippen molar-refractivity contribution in [3.8, 4) is 0 Å². The second-order valence-electron chi connectivity index (χ2n) is 5.06.